The molecule has 1 aliphatic heterocycles. The van der Waals surface area contributed by atoms with Crippen molar-refractivity contribution in [3.63, 3.8) is 0 Å². The van der Waals surface area contributed by atoms with E-state index < -0.39 is 27.7 Å². The first-order valence-electron chi connectivity index (χ1n) is 7.51. The largest absolute Gasteiger partial charge is 0.417 e. The van der Waals surface area contributed by atoms with E-state index in [1.54, 1.807) is 0 Å². The summed E-state index contributed by atoms with van der Waals surface area (Å²) >= 11 is 0. The number of halogens is 3. The van der Waals surface area contributed by atoms with Crippen LogP contribution >= 0.6 is 0 Å². The van der Waals surface area contributed by atoms with Crippen molar-refractivity contribution >= 4 is 15.9 Å². The highest BCUT2D eigenvalue weighted by Crippen LogP contribution is 2.40. The van der Waals surface area contributed by atoms with Crippen molar-refractivity contribution in [1.82, 2.24) is 9.62 Å². The van der Waals surface area contributed by atoms with Crippen molar-refractivity contribution in [2.75, 3.05) is 12.8 Å². The minimum Gasteiger partial charge on any atom is -0.335 e. The first-order chi connectivity index (χ1) is 11.1. The lowest BCUT2D eigenvalue weighted by Crippen LogP contribution is -2.47. The minimum absolute atomic E-state index is 0.0632. The molecule has 24 heavy (non-hydrogen) atoms. The second-order valence-corrected chi connectivity index (χ2v) is 8.16. The van der Waals surface area contributed by atoms with Crippen LogP contribution in [0.3, 0.4) is 0 Å². The predicted molar refractivity (Wildman–Crippen MR) is 80.8 cm³/mol. The Bertz CT molecular complexity index is 763. The number of hydrogen-bond donors (Lipinski definition) is 1. The highest BCUT2D eigenvalue weighted by molar-refractivity contribution is 7.88. The molecular weight excluding hydrogens is 345 g/mol. The van der Waals surface area contributed by atoms with Gasteiger partial charge in [-0.2, -0.15) is 13.2 Å². The minimum atomic E-state index is -4.59. The summed E-state index contributed by atoms with van der Waals surface area (Å²) in [5.74, 6) is -0.708. The quantitative estimate of drug-likeness (QED) is 0.893. The Morgan fingerprint density at radius 3 is 2.46 bits per heavy atom. The van der Waals surface area contributed by atoms with Gasteiger partial charge in [-0.1, -0.05) is 12.1 Å². The van der Waals surface area contributed by atoms with Crippen LogP contribution < -0.4 is 4.72 Å². The normalized spacial score (nSPS) is 26.8. The summed E-state index contributed by atoms with van der Waals surface area (Å²) in [5, 5.41) is 0. The Balaban J connectivity index is 1.79. The molecule has 1 saturated carbocycles. The second kappa shape index (κ2) is 5.73. The number of alkyl halides is 3. The zero-order valence-corrected chi connectivity index (χ0v) is 13.7. The maximum Gasteiger partial charge on any atom is 0.417 e. The van der Waals surface area contributed by atoms with E-state index in [2.05, 4.69) is 4.72 Å². The van der Waals surface area contributed by atoms with Gasteiger partial charge in [-0.3, -0.25) is 4.79 Å². The molecule has 1 aromatic rings. The van der Waals surface area contributed by atoms with E-state index in [9.17, 15) is 26.4 Å². The summed E-state index contributed by atoms with van der Waals surface area (Å²) < 4.78 is 64.5. The summed E-state index contributed by atoms with van der Waals surface area (Å²) in [7, 11) is -3.35. The number of fused-ring (bicyclic) bond motifs is 2. The first kappa shape index (κ1) is 17.2. The lowest BCUT2D eigenvalue weighted by atomic mass is 10.0. The number of amides is 1. The van der Waals surface area contributed by atoms with Crippen molar-refractivity contribution < 1.29 is 26.4 Å². The number of sulfonamides is 1. The van der Waals surface area contributed by atoms with Gasteiger partial charge in [0.05, 0.1) is 17.4 Å². The molecule has 1 aliphatic carbocycles. The molecule has 9 heteroatoms. The van der Waals surface area contributed by atoms with Crippen molar-refractivity contribution in [2.24, 2.45) is 5.92 Å². The molecule has 0 aromatic heterocycles. The van der Waals surface area contributed by atoms with Crippen molar-refractivity contribution in [3.05, 3.63) is 35.4 Å². The second-order valence-electron chi connectivity index (χ2n) is 6.38. The van der Waals surface area contributed by atoms with Crippen LogP contribution in [0.25, 0.3) is 0 Å². The number of nitrogens with one attached hydrogen (secondary N) is 1. The molecular formula is C15H17F3N2O3S. The zero-order valence-electron chi connectivity index (χ0n) is 12.9. The van der Waals surface area contributed by atoms with E-state index in [1.807, 2.05) is 0 Å². The summed E-state index contributed by atoms with van der Waals surface area (Å²) in [6.07, 6.45) is -2.49. The van der Waals surface area contributed by atoms with E-state index >= 15 is 0 Å². The molecule has 132 valence electrons. The Kier molecular flexibility index (Phi) is 4.11. The van der Waals surface area contributed by atoms with E-state index in [0.29, 0.717) is 12.8 Å². The predicted octanol–water partition coefficient (Wildman–Crippen LogP) is 1.86. The van der Waals surface area contributed by atoms with Crippen molar-refractivity contribution in [3.8, 4) is 0 Å². The Morgan fingerprint density at radius 2 is 1.92 bits per heavy atom. The van der Waals surface area contributed by atoms with Gasteiger partial charge in [-0.05, 0) is 30.9 Å². The Hall–Kier alpha value is -1.61. The molecule has 1 amide bonds. The van der Waals surface area contributed by atoms with Gasteiger partial charge in [0, 0.05) is 18.6 Å². The standard InChI is InChI=1S/C15H17F3N2O3S/c1-24(22,23)19-13-7-10-6-9(13)8-20(10)14(21)11-4-2-3-5-12(11)15(16,17)18/h2-5,9-10,13,19H,6-8H2,1H3/t9-,10-,13-/m0/s1. The molecule has 0 spiro atoms. The third kappa shape index (κ3) is 3.27. The topological polar surface area (TPSA) is 66.5 Å². The van der Waals surface area contributed by atoms with Gasteiger partial charge in [0.15, 0.2) is 0 Å². The van der Waals surface area contributed by atoms with Gasteiger partial charge in [-0.15, -0.1) is 0 Å². The molecule has 0 radical (unpaired) electrons. The summed E-state index contributed by atoms with van der Waals surface area (Å²) in [6.45, 7) is 0.267. The number of rotatable bonds is 3. The van der Waals surface area contributed by atoms with Gasteiger partial charge in [0.1, 0.15) is 0 Å². The van der Waals surface area contributed by atoms with Gasteiger partial charge in [-0.25, -0.2) is 13.1 Å². The van der Waals surface area contributed by atoms with Crippen LogP contribution in [0.1, 0.15) is 28.8 Å². The van der Waals surface area contributed by atoms with Gasteiger partial charge in [0.25, 0.3) is 5.91 Å². The SMILES string of the molecule is CS(=O)(=O)N[C@H]1C[C@@H]2C[C@H]1CN2C(=O)c1ccccc1C(F)(F)F. The average molecular weight is 362 g/mol. The van der Waals surface area contributed by atoms with Crippen LogP contribution in [0.2, 0.25) is 0 Å². The highest BCUT2D eigenvalue weighted by atomic mass is 32.2. The van der Waals surface area contributed by atoms with Crippen molar-refractivity contribution in [2.45, 2.75) is 31.1 Å². The molecule has 2 aliphatic rings. The third-order valence-corrected chi connectivity index (χ3v) is 5.36. The summed E-state index contributed by atoms with van der Waals surface area (Å²) in [4.78, 5) is 14.0. The number of benzene rings is 1. The molecule has 3 atom stereocenters. The number of nitrogens with zero attached hydrogens (tertiary/aromatic N) is 1. The molecule has 3 rings (SSSR count). The number of piperidine rings is 1. The third-order valence-electron chi connectivity index (χ3n) is 4.63. The number of hydrogen-bond acceptors (Lipinski definition) is 3. The van der Waals surface area contributed by atoms with Gasteiger partial charge < -0.3 is 4.90 Å². The Labute approximate surface area is 137 Å². The molecule has 1 aromatic carbocycles. The molecule has 1 heterocycles. The lowest BCUT2D eigenvalue weighted by Gasteiger charge is -2.32. The summed E-state index contributed by atoms with van der Waals surface area (Å²) in [6, 6.07) is 4.25. The van der Waals surface area contributed by atoms with Crippen LogP contribution in [-0.2, 0) is 16.2 Å². The zero-order chi connectivity index (χ0) is 17.7. The van der Waals surface area contributed by atoms with Gasteiger partial charge in [0.2, 0.25) is 10.0 Å². The van der Waals surface area contributed by atoms with Crippen LogP contribution in [0.15, 0.2) is 24.3 Å². The number of likely N-dealkylation sites (tertiary alicyclic amines) is 1. The maximum atomic E-state index is 13.1. The molecule has 5 nitrogen and oxygen atoms in total. The highest BCUT2D eigenvalue weighted by Gasteiger charge is 2.48. The van der Waals surface area contributed by atoms with E-state index in [0.717, 1.165) is 12.3 Å². The van der Waals surface area contributed by atoms with Crippen LogP contribution in [-0.4, -0.2) is 44.1 Å². The van der Waals surface area contributed by atoms with E-state index in [1.165, 1.54) is 23.1 Å². The smallest absolute Gasteiger partial charge is 0.335 e. The fraction of sp³-hybridized carbons (Fsp3) is 0.533. The van der Waals surface area contributed by atoms with Crippen molar-refractivity contribution in [1.29, 1.82) is 0 Å². The van der Waals surface area contributed by atoms with E-state index in [-0.39, 0.29) is 30.1 Å². The molecule has 1 N–H and O–H groups in total. The molecule has 2 fully saturated rings. The fourth-order valence-electron chi connectivity index (χ4n) is 3.69. The maximum absolute atomic E-state index is 13.1. The fourth-order valence-corrected chi connectivity index (χ4v) is 4.53. The van der Waals surface area contributed by atoms with Crippen LogP contribution in [0.5, 0.6) is 0 Å². The first-order valence-corrected chi connectivity index (χ1v) is 9.40. The van der Waals surface area contributed by atoms with Crippen LogP contribution in [0, 0.1) is 5.92 Å². The van der Waals surface area contributed by atoms with E-state index in [4.69, 9.17) is 0 Å². The van der Waals surface area contributed by atoms with Gasteiger partial charge >= 0.3 is 6.18 Å². The van der Waals surface area contributed by atoms with Crippen LogP contribution in [0.4, 0.5) is 13.2 Å². The average Bonchev–Trinajstić information content (AvgIpc) is 3.03. The molecule has 2 bridgehead atoms. The molecule has 0 unspecified atom stereocenters. The Morgan fingerprint density at radius 1 is 1.25 bits per heavy atom. The lowest BCUT2D eigenvalue weighted by molar-refractivity contribution is -0.138. The monoisotopic (exact) mass is 362 g/mol. The molecule has 1 saturated heterocycles. The number of carbonyl (C=O) groups excluding carboxylic acids is 1. The number of carbonyl (C=O) groups is 1. The summed E-state index contributed by atoms with van der Waals surface area (Å²) in [5.41, 5.74) is -1.30.